The van der Waals surface area contributed by atoms with Crippen LogP contribution in [0.1, 0.15) is 37.6 Å². The summed E-state index contributed by atoms with van der Waals surface area (Å²) in [7, 11) is 0. The zero-order valence-corrected chi connectivity index (χ0v) is 15.3. The molecule has 0 bridgehead atoms. The van der Waals surface area contributed by atoms with Crippen LogP contribution in [0.3, 0.4) is 0 Å². The van der Waals surface area contributed by atoms with Crippen LogP contribution in [0.15, 0.2) is 30.3 Å². The normalized spacial score (nSPS) is 22.8. The maximum Gasteiger partial charge on any atom is 0.416 e. The average molecular weight is 361 g/mol. The first kappa shape index (κ1) is 17.8. The number of anilines is 1. The van der Waals surface area contributed by atoms with Crippen LogP contribution in [0, 0.1) is 12.3 Å². The Morgan fingerprint density at radius 2 is 2.20 bits per heavy atom. The highest BCUT2D eigenvalue weighted by Gasteiger charge is 2.45. The molecule has 6 nitrogen and oxygen atoms in total. The van der Waals surface area contributed by atoms with Crippen molar-refractivity contribution in [3.8, 4) is 0 Å². The number of benzene rings is 1. The van der Waals surface area contributed by atoms with E-state index in [0.29, 0.717) is 11.0 Å². The summed E-state index contributed by atoms with van der Waals surface area (Å²) >= 11 is 1.19. The number of aliphatic hydroxyl groups excluding tert-OH is 1. The zero-order chi connectivity index (χ0) is 17.9. The molecule has 1 heterocycles. The van der Waals surface area contributed by atoms with Crippen molar-refractivity contribution < 1.29 is 14.6 Å². The lowest BCUT2D eigenvalue weighted by molar-refractivity contribution is 0.113. The SMILES string of the molecule is Cc1nsc(N(C(=O)OCc2ccccc2)C2CCCC2(C)CO)n1. The van der Waals surface area contributed by atoms with Gasteiger partial charge in [0.05, 0.1) is 12.6 Å². The number of aromatic nitrogens is 2. The van der Waals surface area contributed by atoms with Gasteiger partial charge < -0.3 is 9.84 Å². The van der Waals surface area contributed by atoms with Crippen molar-refractivity contribution in [2.75, 3.05) is 11.5 Å². The second-order valence-corrected chi connectivity index (χ2v) is 7.48. The predicted molar refractivity (Wildman–Crippen MR) is 96.6 cm³/mol. The van der Waals surface area contributed by atoms with Gasteiger partial charge in [0.1, 0.15) is 12.4 Å². The van der Waals surface area contributed by atoms with E-state index in [1.165, 1.54) is 11.5 Å². The third kappa shape index (κ3) is 3.82. The van der Waals surface area contributed by atoms with E-state index in [2.05, 4.69) is 9.36 Å². The minimum Gasteiger partial charge on any atom is -0.444 e. The zero-order valence-electron chi connectivity index (χ0n) is 14.5. The summed E-state index contributed by atoms with van der Waals surface area (Å²) in [6, 6.07) is 9.43. The third-order valence-electron chi connectivity index (χ3n) is 4.83. The van der Waals surface area contributed by atoms with Crippen LogP contribution in [-0.2, 0) is 11.3 Å². The summed E-state index contributed by atoms with van der Waals surface area (Å²) in [6.45, 7) is 4.04. The molecule has 1 aliphatic rings. The fourth-order valence-electron chi connectivity index (χ4n) is 3.35. The third-order valence-corrected chi connectivity index (χ3v) is 5.63. The Hall–Kier alpha value is -1.99. The quantitative estimate of drug-likeness (QED) is 0.881. The molecular weight excluding hydrogens is 338 g/mol. The Labute approximate surface area is 151 Å². The number of hydrogen-bond donors (Lipinski definition) is 1. The minimum atomic E-state index is -0.438. The number of carbonyl (C=O) groups excluding carboxylic acids is 1. The highest BCUT2D eigenvalue weighted by molar-refractivity contribution is 7.09. The number of amides is 1. The van der Waals surface area contributed by atoms with Crippen molar-refractivity contribution in [2.45, 2.75) is 45.8 Å². The maximum atomic E-state index is 12.9. The van der Waals surface area contributed by atoms with E-state index in [-0.39, 0.29) is 24.7 Å². The van der Waals surface area contributed by atoms with Crippen molar-refractivity contribution in [2.24, 2.45) is 5.41 Å². The summed E-state index contributed by atoms with van der Waals surface area (Å²) in [6.07, 6.45) is 2.21. The molecule has 1 saturated carbocycles. The average Bonchev–Trinajstić information content (AvgIpc) is 3.21. The summed E-state index contributed by atoms with van der Waals surface area (Å²) < 4.78 is 9.75. The van der Waals surface area contributed by atoms with Gasteiger partial charge in [0.15, 0.2) is 0 Å². The van der Waals surface area contributed by atoms with Crippen LogP contribution in [0.4, 0.5) is 9.93 Å². The van der Waals surface area contributed by atoms with Gasteiger partial charge in [0, 0.05) is 16.9 Å². The van der Waals surface area contributed by atoms with Gasteiger partial charge in [-0.1, -0.05) is 43.7 Å². The smallest absolute Gasteiger partial charge is 0.416 e. The van der Waals surface area contributed by atoms with E-state index in [4.69, 9.17) is 4.74 Å². The summed E-state index contributed by atoms with van der Waals surface area (Å²) in [5.41, 5.74) is 0.575. The highest BCUT2D eigenvalue weighted by atomic mass is 32.1. The van der Waals surface area contributed by atoms with Crippen molar-refractivity contribution in [3.05, 3.63) is 41.7 Å². The van der Waals surface area contributed by atoms with Gasteiger partial charge in [-0.2, -0.15) is 4.37 Å². The summed E-state index contributed by atoms with van der Waals surface area (Å²) in [5.74, 6) is 0.629. The number of aryl methyl sites for hydroxylation is 1. The molecule has 1 fully saturated rings. The van der Waals surface area contributed by atoms with Gasteiger partial charge in [0.2, 0.25) is 5.13 Å². The lowest BCUT2D eigenvalue weighted by atomic mass is 9.85. The fourth-order valence-corrected chi connectivity index (χ4v) is 4.07. The van der Waals surface area contributed by atoms with Gasteiger partial charge in [-0.3, -0.25) is 0 Å². The van der Waals surface area contributed by atoms with Gasteiger partial charge >= 0.3 is 6.09 Å². The summed E-state index contributed by atoms with van der Waals surface area (Å²) in [4.78, 5) is 18.9. The first-order valence-electron chi connectivity index (χ1n) is 8.44. The maximum absolute atomic E-state index is 12.9. The van der Waals surface area contributed by atoms with Gasteiger partial charge in [-0.25, -0.2) is 14.7 Å². The molecule has 0 aliphatic heterocycles. The van der Waals surface area contributed by atoms with Crippen LogP contribution >= 0.6 is 11.5 Å². The minimum absolute atomic E-state index is 0.0257. The number of carbonyl (C=O) groups is 1. The molecular formula is C18H23N3O3S. The standard InChI is InChI=1S/C18H23N3O3S/c1-13-19-16(25-20-13)21(15-9-6-10-18(15,2)12-22)17(23)24-11-14-7-4-3-5-8-14/h3-5,7-8,15,22H,6,9-12H2,1-2H3. The molecule has 1 amide bonds. The number of rotatable bonds is 5. The van der Waals surface area contributed by atoms with E-state index in [0.717, 1.165) is 24.8 Å². The predicted octanol–water partition coefficient (Wildman–Crippen LogP) is 3.54. The van der Waals surface area contributed by atoms with Crippen molar-refractivity contribution >= 4 is 22.8 Å². The molecule has 2 aromatic rings. The second-order valence-electron chi connectivity index (χ2n) is 6.75. The molecule has 0 saturated heterocycles. The van der Waals surface area contributed by atoms with E-state index in [1.54, 1.807) is 11.8 Å². The molecule has 1 N–H and O–H groups in total. The monoisotopic (exact) mass is 361 g/mol. The number of ether oxygens (including phenoxy) is 1. The molecule has 134 valence electrons. The fraction of sp³-hybridized carbons (Fsp3) is 0.500. The number of aliphatic hydroxyl groups is 1. The first-order valence-corrected chi connectivity index (χ1v) is 9.22. The van der Waals surface area contributed by atoms with Crippen LogP contribution in [0.25, 0.3) is 0 Å². The van der Waals surface area contributed by atoms with Crippen LogP contribution in [0.2, 0.25) is 0 Å². The summed E-state index contributed by atoms with van der Waals surface area (Å²) in [5, 5.41) is 10.4. The molecule has 1 aromatic heterocycles. The molecule has 25 heavy (non-hydrogen) atoms. The van der Waals surface area contributed by atoms with E-state index in [9.17, 15) is 9.90 Å². The molecule has 2 atom stereocenters. The number of nitrogens with zero attached hydrogens (tertiary/aromatic N) is 3. The lowest BCUT2D eigenvalue weighted by Crippen LogP contribution is -2.48. The van der Waals surface area contributed by atoms with E-state index < -0.39 is 6.09 Å². The molecule has 2 unspecified atom stereocenters. The van der Waals surface area contributed by atoms with Crippen molar-refractivity contribution in [1.29, 1.82) is 0 Å². The Morgan fingerprint density at radius 3 is 2.84 bits per heavy atom. The molecule has 0 radical (unpaired) electrons. The Bertz CT molecular complexity index is 721. The topological polar surface area (TPSA) is 75.6 Å². The Kier molecular flexibility index (Phi) is 5.34. The molecule has 3 rings (SSSR count). The van der Waals surface area contributed by atoms with E-state index >= 15 is 0 Å². The molecule has 1 aliphatic carbocycles. The van der Waals surface area contributed by atoms with Crippen LogP contribution in [-0.4, -0.2) is 33.2 Å². The van der Waals surface area contributed by atoms with Crippen molar-refractivity contribution in [3.63, 3.8) is 0 Å². The van der Waals surface area contributed by atoms with E-state index in [1.807, 2.05) is 37.3 Å². The lowest BCUT2D eigenvalue weighted by Gasteiger charge is -2.36. The van der Waals surface area contributed by atoms with Crippen LogP contribution < -0.4 is 4.90 Å². The van der Waals surface area contributed by atoms with Gasteiger partial charge in [-0.15, -0.1) is 0 Å². The molecule has 0 spiro atoms. The number of hydrogen-bond acceptors (Lipinski definition) is 6. The van der Waals surface area contributed by atoms with Crippen LogP contribution in [0.5, 0.6) is 0 Å². The largest absolute Gasteiger partial charge is 0.444 e. The first-order chi connectivity index (χ1) is 12.0. The molecule has 7 heteroatoms. The molecule has 1 aromatic carbocycles. The van der Waals surface area contributed by atoms with Gasteiger partial charge in [-0.05, 0) is 25.3 Å². The highest BCUT2D eigenvalue weighted by Crippen LogP contribution is 2.42. The Morgan fingerprint density at radius 1 is 1.44 bits per heavy atom. The second kappa shape index (κ2) is 7.49. The Balaban J connectivity index is 1.82. The van der Waals surface area contributed by atoms with Crippen molar-refractivity contribution in [1.82, 2.24) is 9.36 Å². The van der Waals surface area contributed by atoms with Gasteiger partial charge in [0.25, 0.3) is 0 Å².